The Morgan fingerprint density at radius 2 is 0.575 bits per heavy atom. The number of phenolic OH excluding ortho intramolecular Hbond substituents is 3. The van der Waals surface area contributed by atoms with Gasteiger partial charge in [0.1, 0.15) is 49.1 Å². The molecule has 3 N–H and O–H groups in total. The van der Waals surface area contributed by atoms with Gasteiger partial charge in [0.15, 0.2) is 5.05 Å². The van der Waals surface area contributed by atoms with Crippen molar-refractivity contribution in [1.29, 1.82) is 0 Å². The van der Waals surface area contributed by atoms with Gasteiger partial charge in [0.2, 0.25) is 0 Å². The number of ether oxygens (including phenoxy) is 4. The molecule has 0 aliphatic carbocycles. The van der Waals surface area contributed by atoms with Crippen LogP contribution in [0.4, 0.5) is 0 Å². The molecule has 0 fully saturated rings. The highest BCUT2D eigenvalue weighted by atomic mass is 32.1. The zero-order chi connectivity index (χ0) is 60.7. The zero-order valence-electron chi connectivity index (χ0n) is 53.4. The van der Waals surface area contributed by atoms with E-state index in [1.54, 1.807) is 0 Å². The number of unbranched alkanes of at least 4 members (excludes halogenated alkanes) is 12. The first kappa shape index (κ1) is 69.6. The lowest BCUT2D eigenvalue weighted by molar-refractivity contribution is -0.164. The summed E-state index contributed by atoms with van der Waals surface area (Å²) in [6, 6.07) is 11.1. The van der Waals surface area contributed by atoms with Crippen LogP contribution in [-0.2, 0) is 85.1 Å². The second-order valence-corrected chi connectivity index (χ2v) is 29.7. The predicted molar refractivity (Wildman–Crippen MR) is 332 cm³/mol. The summed E-state index contributed by atoms with van der Waals surface area (Å²) < 4.78 is 25.0. The third kappa shape index (κ3) is 22.6. The standard InChI is InChI=1S/C69H108O10S/c1-20-21-22-23-24-25-26-27-28-29-30-31-32-33-59(80)79-46-69(43-76-56(70)40-47-34-50(63(2,3)4)60(73)51(35-47)64(5,6)7,44-77-57(71)41-48-36-52(65(8,9)10)61(74)53(37-48)66(11,12)13)45-78-58(72)42-49-38-54(67(14,15)16)62(75)55(39-49)68(17,18)19/h34-39,73-75H,20-33,40-46H2,1-19H3. The predicted octanol–water partition coefficient (Wildman–Crippen LogP) is 17.1. The van der Waals surface area contributed by atoms with Crippen molar-refractivity contribution in [2.75, 3.05) is 26.4 Å². The van der Waals surface area contributed by atoms with Gasteiger partial charge in [-0.15, -0.1) is 0 Å². The van der Waals surface area contributed by atoms with Crippen LogP contribution >= 0.6 is 12.2 Å². The van der Waals surface area contributed by atoms with Crippen molar-refractivity contribution in [1.82, 2.24) is 0 Å². The Balaban J connectivity index is 2.03. The first-order valence-electron chi connectivity index (χ1n) is 30.0. The van der Waals surface area contributed by atoms with Crippen molar-refractivity contribution < 1.29 is 48.7 Å². The smallest absolute Gasteiger partial charge is 0.310 e. The molecule has 10 nitrogen and oxygen atoms in total. The molecule has 0 saturated heterocycles. The summed E-state index contributed by atoms with van der Waals surface area (Å²) in [5, 5.41) is 34.7. The lowest BCUT2D eigenvalue weighted by Crippen LogP contribution is -2.44. The van der Waals surface area contributed by atoms with Crippen molar-refractivity contribution in [3.63, 3.8) is 0 Å². The third-order valence-corrected chi connectivity index (χ3v) is 15.4. The van der Waals surface area contributed by atoms with E-state index in [1.807, 2.05) is 161 Å². The van der Waals surface area contributed by atoms with Gasteiger partial charge in [-0.1, -0.05) is 245 Å². The van der Waals surface area contributed by atoms with Crippen LogP contribution in [0.1, 0.15) is 272 Å². The molecule has 0 unspecified atom stereocenters. The number of carbonyl (C=O) groups is 3. The van der Waals surface area contributed by atoms with E-state index in [1.165, 1.54) is 64.2 Å². The number of thiocarbonyl (C=S) groups is 1. The second-order valence-electron chi connectivity index (χ2n) is 29.3. The summed E-state index contributed by atoms with van der Waals surface area (Å²) in [6.45, 7) is 37.2. The highest BCUT2D eigenvalue weighted by Crippen LogP contribution is 2.43. The van der Waals surface area contributed by atoms with Gasteiger partial charge < -0.3 is 34.3 Å². The maximum atomic E-state index is 14.2. The monoisotopic (exact) mass is 1130 g/mol. The van der Waals surface area contributed by atoms with Gasteiger partial charge in [-0.3, -0.25) is 14.4 Å². The summed E-state index contributed by atoms with van der Waals surface area (Å²) in [5.41, 5.74) is 2.25. The Morgan fingerprint density at radius 1 is 0.362 bits per heavy atom. The van der Waals surface area contributed by atoms with Gasteiger partial charge in [-0.05, 0) is 101 Å². The number of aromatic hydroxyl groups is 3. The number of hydrogen-bond donors (Lipinski definition) is 3. The van der Waals surface area contributed by atoms with E-state index in [0.29, 0.717) is 61.5 Å². The van der Waals surface area contributed by atoms with Crippen LogP contribution in [0, 0.1) is 5.41 Å². The summed E-state index contributed by atoms with van der Waals surface area (Å²) >= 11 is 5.85. The zero-order valence-corrected chi connectivity index (χ0v) is 54.2. The number of rotatable bonds is 28. The van der Waals surface area contributed by atoms with Crippen LogP contribution in [0.3, 0.4) is 0 Å². The Kier molecular flexibility index (Phi) is 25.7. The molecule has 0 aliphatic rings. The molecular weight excluding hydrogens is 1020 g/mol. The Bertz CT molecular complexity index is 2170. The number of esters is 3. The van der Waals surface area contributed by atoms with Gasteiger partial charge in [-0.25, -0.2) is 0 Å². The van der Waals surface area contributed by atoms with E-state index >= 15 is 0 Å². The van der Waals surface area contributed by atoms with Crippen molar-refractivity contribution in [3.05, 3.63) is 86.5 Å². The summed E-state index contributed by atoms with van der Waals surface area (Å²) in [6.07, 6.45) is 16.0. The molecule has 3 rings (SSSR count). The van der Waals surface area contributed by atoms with Crippen molar-refractivity contribution in [2.24, 2.45) is 5.41 Å². The fourth-order valence-corrected chi connectivity index (χ4v) is 10.2. The summed E-state index contributed by atoms with van der Waals surface area (Å²) in [5.74, 6) is -1.13. The largest absolute Gasteiger partial charge is 0.507 e. The normalized spacial score (nSPS) is 12.8. The molecule has 3 aromatic carbocycles. The third-order valence-electron chi connectivity index (χ3n) is 15.0. The Labute approximate surface area is 490 Å². The van der Waals surface area contributed by atoms with E-state index in [-0.39, 0.29) is 62.9 Å². The van der Waals surface area contributed by atoms with Gasteiger partial charge in [0, 0.05) is 6.42 Å². The Hall–Kier alpha value is -4.64. The van der Waals surface area contributed by atoms with Crippen molar-refractivity contribution in [3.8, 4) is 17.2 Å². The molecule has 450 valence electrons. The molecule has 0 saturated carbocycles. The maximum Gasteiger partial charge on any atom is 0.310 e. The second kappa shape index (κ2) is 29.6. The highest BCUT2D eigenvalue weighted by Gasteiger charge is 2.39. The van der Waals surface area contributed by atoms with Crippen LogP contribution in [0.25, 0.3) is 0 Å². The molecule has 80 heavy (non-hydrogen) atoms. The summed E-state index contributed by atoms with van der Waals surface area (Å²) in [4.78, 5) is 42.6. The highest BCUT2D eigenvalue weighted by molar-refractivity contribution is 7.80. The lowest BCUT2D eigenvalue weighted by atomic mass is 9.78. The number of benzene rings is 3. The van der Waals surface area contributed by atoms with Gasteiger partial charge >= 0.3 is 17.9 Å². The minimum atomic E-state index is -1.42. The first-order valence-corrected chi connectivity index (χ1v) is 30.4. The lowest BCUT2D eigenvalue weighted by Gasteiger charge is -2.32. The molecule has 0 aromatic heterocycles. The van der Waals surface area contributed by atoms with Gasteiger partial charge in [0.25, 0.3) is 0 Å². The van der Waals surface area contributed by atoms with E-state index in [4.69, 9.17) is 31.2 Å². The van der Waals surface area contributed by atoms with Crippen molar-refractivity contribution >= 4 is 35.2 Å². The molecule has 0 bridgehead atoms. The molecule has 0 heterocycles. The van der Waals surface area contributed by atoms with Crippen LogP contribution < -0.4 is 0 Å². The minimum Gasteiger partial charge on any atom is -0.507 e. The molecule has 0 aliphatic heterocycles. The quantitative estimate of drug-likeness (QED) is 0.0276. The molecule has 0 spiro atoms. The fraction of sp³-hybridized carbons (Fsp3) is 0.681. The molecule has 3 aromatic rings. The van der Waals surface area contributed by atoms with Crippen LogP contribution in [0.5, 0.6) is 17.2 Å². The summed E-state index contributed by atoms with van der Waals surface area (Å²) in [7, 11) is 0. The number of hydrogen-bond acceptors (Lipinski definition) is 11. The van der Waals surface area contributed by atoms with E-state index < -0.39 is 55.8 Å². The number of phenols is 3. The van der Waals surface area contributed by atoms with E-state index in [0.717, 1.165) is 19.3 Å². The first-order chi connectivity index (χ1) is 36.8. The molecular formula is C69H108O10S. The van der Waals surface area contributed by atoms with Crippen LogP contribution in [0.2, 0.25) is 0 Å². The molecule has 11 heteroatoms. The average Bonchev–Trinajstić information content (AvgIpc) is 3.31. The minimum absolute atomic E-state index is 0.124. The Morgan fingerprint density at radius 3 is 0.800 bits per heavy atom. The SMILES string of the molecule is CCCCCCCCCCCCCCCC(=S)OCC(COC(=O)Cc1cc(C(C)(C)C)c(O)c(C(C)(C)C)c1)(COC(=O)Cc1cc(C(C)(C)C)c(O)c(C(C)(C)C)c1)COC(=O)Cc1cc(C(C)(C)C)c(O)c(C(C)(C)C)c1. The maximum absolute atomic E-state index is 14.2. The van der Waals surface area contributed by atoms with Crippen molar-refractivity contribution in [2.45, 2.75) is 273 Å². The van der Waals surface area contributed by atoms with Crippen LogP contribution in [-0.4, -0.2) is 64.7 Å². The van der Waals surface area contributed by atoms with E-state index in [2.05, 4.69) is 6.92 Å². The number of carbonyl (C=O) groups excluding carboxylic acids is 3. The molecule has 0 amide bonds. The average molecular weight is 1130 g/mol. The molecule has 0 atom stereocenters. The topological polar surface area (TPSA) is 149 Å². The van der Waals surface area contributed by atoms with Crippen LogP contribution in [0.15, 0.2) is 36.4 Å². The van der Waals surface area contributed by atoms with Gasteiger partial charge in [0.05, 0.1) is 19.3 Å². The van der Waals surface area contributed by atoms with Gasteiger partial charge in [-0.2, -0.15) is 0 Å². The molecule has 0 radical (unpaired) electrons. The van der Waals surface area contributed by atoms with E-state index in [9.17, 15) is 29.7 Å². The fourth-order valence-electron chi connectivity index (χ4n) is 10.0.